The highest BCUT2D eigenvalue weighted by Gasteiger charge is 2.22. The van der Waals surface area contributed by atoms with Crippen LogP contribution in [0.1, 0.15) is 51.8 Å². The molecule has 1 aromatic heterocycles. The average Bonchev–Trinajstić information content (AvgIpc) is 3.17. The lowest BCUT2D eigenvalue weighted by molar-refractivity contribution is 0.0941. The first-order valence-electron chi connectivity index (χ1n) is 9.69. The Morgan fingerprint density at radius 3 is 2.71 bits per heavy atom. The fourth-order valence-corrected chi connectivity index (χ4v) is 3.86. The van der Waals surface area contributed by atoms with Gasteiger partial charge < -0.3 is 14.6 Å². The van der Waals surface area contributed by atoms with E-state index in [0.717, 1.165) is 30.0 Å². The van der Waals surface area contributed by atoms with Crippen molar-refractivity contribution >= 4 is 5.91 Å². The number of benzene rings is 2. The van der Waals surface area contributed by atoms with Crippen molar-refractivity contribution in [1.29, 1.82) is 0 Å². The molecule has 144 valence electrons. The topological polar surface area (TPSA) is 56.1 Å². The fourth-order valence-electron chi connectivity index (χ4n) is 3.86. The van der Waals surface area contributed by atoms with Crippen molar-refractivity contribution < 1.29 is 9.53 Å². The van der Waals surface area contributed by atoms with E-state index in [1.54, 1.807) is 13.3 Å². The second-order valence-corrected chi connectivity index (χ2v) is 7.27. The molecule has 0 fully saturated rings. The second kappa shape index (κ2) is 7.89. The molecule has 2 aromatic carbocycles. The van der Waals surface area contributed by atoms with E-state index in [1.165, 1.54) is 24.0 Å². The number of imidazole rings is 1. The van der Waals surface area contributed by atoms with Crippen LogP contribution in [0.5, 0.6) is 5.75 Å². The molecular formula is C23H25N3O2. The lowest BCUT2D eigenvalue weighted by Gasteiger charge is -2.21. The van der Waals surface area contributed by atoms with Crippen molar-refractivity contribution in [3.05, 3.63) is 82.9 Å². The van der Waals surface area contributed by atoms with Gasteiger partial charge in [0.15, 0.2) is 0 Å². The number of hydrogen-bond donors (Lipinski definition) is 1. The normalized spacial score (nSPS) is 14.2. The number of ether oxygens (including phenoxy) is 1. The van der Waals surface area contributed by atoms with Gasteiger partial charge in [0, 0.05) is 25.0 Å². The van der Waals surface area contributed by atoms with Gasteiger partial charge in [0.25, 0.3) is 5.91 Å². The second-order valence-electron chi connectivity index (χ2n) is 7.27. The van der Waals surface area contributed by atoms with E-state index in [4.69, 9.17) is 4.74 Å². The molecule has 0 radical (unpaired) electrons. The zero-order valence-electron chi connectivity index (χ0n) is 16.3. The zero-order chi connectivity index (χ0) is 19.5. The van der Waals surface area contributed by atoms with Crippen molar-refractivity contribution in [2.45, 2.75) is 31.7 Å². The molecule has 0 bridgehead atoms. The lowest BCUT2D eigenvalue weighted by atomic mass is 9.90. The molecular weight excluding hydrogens is 350 g/mol. The summed E-state index contributed by atoms with van der Waals surface area (Å²) in [6, 6.07) is 13.5. The number of nitrogens with zero attached hydrogens (tertiary/aromatic N) is 2. The summed E-state index contributed by atoms with van der Waals surface area (Å²) >= 11 is 0. The molecule has 0 saturated carbocycles. The first-order valence-corrected chi connectivity index (χ1v) is 9.69. The van der Waals surface area contributed by atoms with Gasteiger partial charge in [-0.25, -0.2) is 4.98 Å². The Morgan fingerprint density at radius 1 is 1.14 bits per heavy atom. The van der Waals surface area contributed by atoms with Gasteiger partial charge in [-0.05, 0) is 66.6 Å². The molecule has 1 amide bonds. The highest BCUT2D eigenvalue weighted by Crippen LogP contribution is 2.26. The summed E-state index contributed by atoms with van der Waals surface area (Å²) in [5.74, 6) is 1.43. The molecule has 1 N–H and O–H groups in total. The molecule has 5 heteroatoms. The summed E-state index contributed by atoms with van der Waals surface area (Å²) < 4.78 is 7.29. The van der Waals surface area contributed by atoms with Crippen LogP contribution in [-0.4, -0.2) is 22.6 Å². The number of fused-ring (bicyclic) bond motifs is 1. The number of carbonyl (C=O) groups is 1. The molecule has 1 aliphatic rings. The molecule has 1 atom stereocenters. The average molecular weight is 375 g/mol. The fraction of sp³-hybridized carbons (Fsp3) is 0.304. The SMILES string of the molecule is COc1cccc(C(NC(=O)c2ccc3c(c2)CCCC3)c2nccn2C)c1. The van der Waals surface area contributed by atoms with Gasteiger partial charge in [-0.15, -0.1) is 0 Å². The van der Waals surface area contributed by atoms with Gasteiger partial charge in [-0.1, -0.05) is 18.2 Å². The summed E-state index contributed by atoms with van der Waals surface area (Å²) in [4.78, 5) is 17.6. The molecule has 28 heavy (non-hydrogen) atoms. The maximum atomic E-state index is 13.1. The van der Waals surface area contributed by atoms with Gasteiger partial charge in [0.2, 0.25) is 0 Å². The number of aryl methyl sites for hydroxylation is 3. The van der Waals surface area contributed by atoms with E-state index < -0.39 is 0 Å². The van der Waals surface area contributed by atoms with E-state index in [1.807, 2.05) is 54.2 Å². The minimum absolute atomic E-state index is 0.0933. The smallest absolute Gasteiger partial charge is 0.252 e. The van der Waals surface area contributed by atoms with Gasteiger partial charge in [-0.2, -0.15) is 0 Å². The molecule has 0 spiro atoms. The van der Waals surface area contributed by atoms with E-state index in [2.05, 4.69) is 16.4 Å². The van der Waals surface area contributed by atoms with Gasteiger partial charge in [-0.3, -0.25) is 4.79 Å². The maximum absolute atomic E-state index is 13.1. The van der Waals surface area contributed by atoms with Gasteiger partial charge in [0.05, 0.1) is 7.11 Å². The van der Waals surface area contributed by atoms with Crippen LogP contribution in [0.25, 0.3) is 0 Å². The van der Waals surface area contributed by atoms with E-state index in [0.29, 0.717) is 5.56 Å². The minimum Gasteiger partial charge on any atom is -0.497 e. The summed E-state index contributed by atoms with van der Waals surface area (Å²) in [6.07, 6.45) is 8.21. The molecule has 1 heterocycles. The van der Waals surface area contributed by atoms with E-state index in [-0.39, 0.29) is 11.9 Å². The summed E-state index contributed by atoms with van der Waals surface area (Å²) in [5, 5.41) is 3.17. The Morgan fingerprint density at radius 2 is 1.96 bits per heavy atom. The predicted molar refractivity (Wildman–Crippen MR) is 109 cm³/mol. The largest absolute Gasteiger partial charge is 0.497 e. The molecule has 5 nitrogen and oxygen atoms in total. The van der Waals surface area contributed by atoms with E-state index in [9.17, 15) is 4.79 Å². The predicted octanol–water partition coefficient (Wildman–Crippen LogP) is 3.83. The third-order valence-electron chi connectivity index (χ3n) is 5.43. The van der Waals surface area contributed by atoms with E-state index >= 15 is 0 Å². The monoisotopic (exact) mass is 375 g/mol. The Labute approximate surface area is 165 Å². The zero-order valence-corrected chi connectivity index (χ0v) is 16.3. The minimum atomic E-state index is -0.362. The highest BCUT2D eigenvalue weighted by molar-refractivity contribution is 5.95. The van der Waals surface area contributed by atoms with Crippen LogP contribution in [0, 0.1) is 0 Å². The van der Waals surface area contributed by atoms with Crippen LogP contribution >= 0.6 is 0 Å². The van der Waals surface area contributed by atoms with Crippen molar-refractivity contribution in [2.75, 3.05) is 7.11 Å². The Bertz CT molecular complexity index is 993. The van der Waals surface area contributed by atoms with Crippen LogP contribution in [0.4, 0.5) is 0 Å². The standard InChI is InChI=1S/C23H25N3O2/c1-26-13-12-24-22(26)21(18-8-5-9-20(15-18)28-2)25-23(27)19-11-10-16-6-3-4-7-17(16)14-19/h5,8-15,21H,3-4,6-7H2,1-2H3,(H,25,27). The molecule has 4 rings (SSSR count). The number of methoxy groups -OCH3 is 1. The molecule has 0 saturated heterocycles. The summed E-state index contributed by atoms with van der Waals surface area (Å²) in [5.41, 5.74) is 4.30. The van der Waals surface area contributed by atoms with Gasteiger partial charge in [0.1, 0.15) is 17.6 Å². The number of nitrogens with one attached hydrogen (secondary N) is 1. The van der Waals surface area contributed by atoms with Crippen LogP contribution in [0.2, 0.25) is 0 Å². The van der Waals surface area contributed by atoms with Crippen LogP contribution in [-0.2, 0) is 19.9 Å². The van der Waals surface area contributed by atoms with Crippen molar-refractivity contribution in [2.24, 2.45) is 7.05 Å². The van der Waals surface area contributed by atoms with Crippen LogP contribution in [0.15, 0.2) is 54.9 Å². The Hall–Kier alpha value is -3.08. The number of carbonyl (C=O) groups excluding carboxylic acids is 1. The number of aromatic nitrogens is 2. The number of amides is 1. The van der Waals surface area contributed by atoms with Gasteiger partial charge >= 0.3 is 0 Å². The highest BCUT2D eigenvalue weighted by atomic mass is 16.5. The number of rotatable bonds is 5. The summed E-state index contributed by atoms with van der Waals surface area (Å²) in [7, 11) is 3.57. The Balaban J connectivity index is 1.66. The Kier molecular flexibility index (Phi) is 5.15. The van der Waals surface area contributed by atoms with Crippen LogP contribution in [0.3, 0.4) is 0 Å². The molecule has 3 aromatic rings. The molecule has 0 aliphatic heterocycles. The quantitative estimate of drug-likeness (QED) is 0.737. The third-order valence-corrected chi connectivity index (χ3v) is 5.43. The van der Waals surface area contributed by atoms with Crippen molar-refractivity contribution in [3.8, 4) is 5.75 Å². The first kappa shape index (κ1) is 18.3. The van der Waals surface area contributed by atoms with Crippen molar-refractivity contribution in [1.82, 2.24) is 14.9 Å². The molecule has 1 aliphatic carbocycles. The molecule has 1 unspecified atom stereocenters. The lowest BCUT2D eigenvalue weighted by Crippen LogP contribution is -2.31. The van der Waals surface area contributed by atoms with Crippen LogP contribution < -0.4 is 10.1 Å². The maximum Gasteiger partial charge on any atom is 0.252 e. The van der Waals surface area contributed by atoms with Crippen molar-refractivity contribution in [3.63, 3.8) is 0 Å². The third kappa shape index (κ3) is 3.65. The summed E-state index contributed by atoms with van der Waals surface area (Å²) in [6.45, 7) is 0. The first-order chi connectivity index (χ1) is 13.7. The number of hydrogen-bond acceptors (Lipinski definition) is 3.